The summed E-state index contributed by atoms with van der Waals surface area (Å²) in [4.78, 5) is 16.5. The fraction of sp³-hybridized carbons (Fsp3) is 0.375. The molecule has 0 aliphatic heterocycles. The summed E-state index contributed by atoms with van der Waals surface area (Å²) in [6.45, 7) is 3.81. The Bertz CT molecular complexity index is 610. The molecule has 112 valence electrons. The number of hydrogen-bond donors (Lipinski definition) is 3. The Hall–Kier alpha value is -2.14. The summed E-state index contributed by atoms with van der Waals surface area (Å²) in [5, 5.41) is 16.2. The molecule has 0 radical (unpaired) electrons. The maximum absolute atomic E-state index is 12.2. The van der Waals surface area contributed by atoms with E-state index in [1.165, 1.54) is 0 Å². The molecule has 21 heavy (non-hydrogen) atoms. The molecule has 2 aromatic rings. The molecule has 3 N–H and O–H groups in total. The number of hydrogen-bond acceptors (Lipinski definition) is 3. The first-order valence-corrected chi connectivity index (χ1v) is 7.18. The van der Waals surface area contributed by atoms with Crippen LogP contribution in [0.15, 0.2) is 36.5 Å². The number of urea groups is 1. The summed E-state index contributed by atoms with van der Waals surface area (Å²) >= 11 is 0. The Labute approximate surface area is 124 Å². The predicted molar refractivity (Wildman–Crippen MR) is 84.3 cm³/mol. The van der Waals surface area contributed by atoms with Gasteiger partial charge >= 0.3 is 6.03 Å². The molecular formula is C16H21N3O2. The number of aromatic nitrogens is 1. The molecule has 0 saturated heterocycles. The number of para-hydroxylation sites is 1. The quantitative estimate of drug-likeness (QED) is 0.791. The molecule has 1 heterocycles. The molecule has 2 rings (SSSR count). The van der Waals surface area contributed by atoms with Crippen molar-refractivity contribution in [3.63, 3.8) is 0 Å². The van der Waals surface area contributed by atoms with Gasteiger partial charge < -0.3 is 15.7 Å². The van der Waals surface area contributed by atoms with Crippen LogP contribution in [-0.2, 0) is 0 Å². The number of pyridine rings is 1. The van der Waals surface area contributed by atoms with E-state index in [0.29, 0.717) is 18.5 Å². The number of carbonyl (C=O) groups excluding carboxylic acids is 1. The van der Waals surface area contributed by atoms with E-state index in [0.717, 1.165) is 10.9 Å². The van der Waals surface area contributed by atoms with E-state index in [1.54, 1.807) is 6.20 Å². The van der Waals surface area contributed by atoms with Gasteiger partial charge in [0.05, 0.1) is 23.3 Å². The Balaban J connectivity index is 2.19. The van der Waals surface area contributed by atoms with Crippen molar-refractivity contribution < 1.29 is 9.90 Å². The van der Waals surface area contributed by atoms with Gasteiger partial charge in [0.15, 0.2) is 0 Å². The van der Waals surface area contributed by atoms with Gasteiger partial charge in [-0.15, -0.1) is 0 Å². The maximum atomic E-state index is 12.2. The van der Waals surface area contributed by atoms with Crippen LogP contribution in [0.5, 0.6) is 0 Å². The van der Waals surface area contributed by atoms with E-state index in [2.05, 4.69) is 15.6 Å². The molecule has 5 nitrogen and oxygen atoms in total. The highest BCUT2D eigenvalue weighted by Gasteiger charge is 2.27. The van der Waals surface area contributed by atoms with Crippen molar-refractivity contribution >= 4 is 22.6 Å². The fourth-order valence-corrected chi connectivity index (χ4v) is 2.29. The molecule has 0 spiro atoms. The second-order valence-corrected chi connectivity index (χ2v) is 5.11. The zero-order chi connectivity index (χ0) is 15.3. The second kappa shape index (κ2) is 6.54. The summed E-state index contributed by atoms with van der Waals surface area (Å²) in [6, 6.07) is 9.11. The third kappa shape index (κ3) is 3.31. The topological polar surface area (TPSA) is 74.2 Å². The number of aliphatic hydroxyl groups is 1. The molecule has 0 fully saturated rings. The lowest BCUT2D eigenvalue weighted by atomic mass is 9.94. The summed E-state index contributed by atoms with van der Waals surface area (Å²) in [5.74, 6) is 0. The molecule has 0 aliphatic rings. The fourth-order valence-electron chi connectivity index (χ4n) is 2.29. The smallest absolute Gasteiger partial charge is 0.319 e. The van der Waals surface area contributed by atoms with Crippen LogP contribution in [0.4, 0.5) is 10.5 Å². The zero-order valence-electron chi connectivity index (χ0n) is 12.4. The standard InChI is InChI=1S/C16H21N3O2/c1-3-16(4-2,11-20)19-15(21)18-13-9-5-7-12-8-6-10-17-14(12)13/h5-10,20H,3-4,11H2,1-2H3,(H2,18,19,21). The summed E-state index contributed by atoms with van der Waals surface area (Å²) in [5.41, 5.74) is 0.824. The van der Waals surface area contributed by atoms with E-state index in [1.807, 2.05) is 44.2 Å². The highest BCUT2D eigenvalue weighted by atomic mass is 16.3. The molecule has 1 aromatic carbocycles. The van der Waals surface area contributed by atoms with Gasteiger partial charge in [-0.05, 0) is 25.0 Å². The van der Waals surface area contributed by atoms with Crippen molar-refractivity contribution in [3.05, 3.63) is 36.5 Å². The number of nitrogens with zero attached hydrogens (tertiary/aromatic N) is 1. The SMILES string of the molecule is CCC(CC)(CO)NC(=O)Nc1cccc2cccnc12. The minimum Gasteiger partial charge on any atom is -0.394 e. The number of amides is 2. The van der Waals surface area contributed by atoms with E-state index >= 15 is 0 Å². The van der Waals surface area contributed by atoms with Crippen molar-refractivity contribution in [1.29, 1.82) is 0 Å². The van der Waals surface area contributed by atoms with Crippen LogP contribution in [0.2, 0.25) is 0 Å². The van der Waals surface area contributed by atoms with Gasteiger partial charge in [0.25, 0.3) is 0 Å². The minimum atomic E-state index is -0.581. The average Bonchev–Trinajstić information content (AvgIpc) is 2.53. The van der Waals surface area contributed by atoms with Crippen LogP contribution in [0.25, 0.3) is 10.9 Å². The van der Waals surface area contributed by atoms with Crippen LogP contribution >= 0.6 is 0 Å². The Kier molecular flexibility index (Phi) is 4.75. The highest BCUT2D eigenvalue weighted by molar-refractivity contribution is 5.99. The van der Waals surface area contributed by atoms with Gasteiger partial charge in [0.2, 0.25) is 0 Å². The Morgan fingerprint density at radius 2 is 1.95 bits per heavy atom. The van der Waals surface area contributed by atoms with Gasteiger partial charge in [-0.3, -0.25) is 4.98 Å². The summed E-state index contributed by atoms with van der Waals surface area (Å²) in [6.07, 6.45) is 3.03. The molecule has 0 saturated carbocycles. The Morgan fingerprint density at radius 3 is 2.62 bits per heavy atom. The first kappa shape index (κ1) is 15.3. The minimum absolute atomic E-state index is 0.0821. The molecule has 0 atom stereocenters. The third-order valence-corrected chi connectivity index (χ3v) is 3.92. The maximum Gasteiger partial charge on any atom is 0.319 e. The van der Waals surface area contributed by atoms with Crippen LogP contribution in [0.3, 0.4) is 0 Å². The normalized spacial score (nSPS) is 11.4. The van der Waals surface area contributed by atoms with Gasteiger partial charge in [0.1, 0.15) is 0 Å². The highest BCUT2D eigenvalue weighted by Crippen LogP contribution is 2.21. The Morgan fingerprint density at radius 1 is 1.24 bits per heavy atom. The largest absolute Gasteiger partial charge is 0.394 e. The summed E-state index contributed by atoms with van der Waals surface area (Å²) in [7, 11) is 0. The van der Waals surface area contributed by atoms with E-state index in [-0.39, 0.29) is 12.6 Å². The van der Waals surface area contributed by atoms with Crippen molar-refractivity contribution in [2.75, 3.05) is 11.9 Å². The number of anilines is 1. The molecule has 2 amide bonds. The molecule has 5 heteroatoms. The summed E-state index contributed by atoms with van der Waals surface area (Å²) < 4.78 is 0. The van der Waals surface area contributed by atoms with Crippen LogP contribution < -0.4 is 10.6 Å². The van der Waals surface area contributed by atoms with Crippen molar-refractivity contribution in [1.82, 2.24) is 10.3 Å². The number of rotatable bonds is 5. The number of benzene rings is 1. The molecule has 0 unspecified atom stereocenters. The first-order chi connectivity index (χ1) is 10.1. The number of fused-ring (bicyclic) bond motifs is 1. The number of carbonyl (C=O) groups is 1. The van der Waals surface area contributed by atoms with Crippen LogP contribution in [0.1, 0.15) is 26.7 Å². The van der Waals surface area contributed by atoms with Crippen LogP contribution in [-0.4, -0.2) is 28.3 Å². The predicted octanol–water partition coefficient (Wildman–Crippen LogP) is 2.91. The second-order valence-electron chi connectivity index (χ2n) is 5.11. The molecule has 1 aromatic heterocycles. The molecular weight excluding hydrogens is 266 g/mol. The van der Waals surface area contributed by atoms with Gasteiger partial charge in [-0.1, -0.05) is 32.0 Å². The lowest BCUT2D eigenvalue weighted by molar-refractivity contribution is 0.155. The molecule has 0 bridgehead atoms. The van der Waals surface area contributed by atoms with Gasteiger partial charge in [-0.25, -0.2) is 4.79 Å². The number of nitrogens with one attached hydrogen (secondary N) is 2. The van der Waals surface area contributed by atoms with Gasteiger partial charge in [-0.2, -0.15) is 0 Å². The van der Waals surface area contributed by atoms with Crippen molar-refractivity contribution in [2.45, 2.75) is 32.2 Å². The average molecular weight is 287 g/mol. The monoisotopic (exact) mass is 287 g/mol. The van der Waals surface area contributed by atoms with Crippen molar-refractivity contribution in [2.24, 2.45) is 0 Å². The third-order valence-electron chi connectivity index (χ3n) is 3.92. The van der Waals surface area contributed by atoms with E-state index in [9.17, 15) is 9.90 Å². The van der Waals surface area contributed by atoms with E-state index in [4.69, 9.17) is 0 Å². The van der Waals surface area contributed by atoms with Crippen LogP contribution in [0, 0.1) is 0 Å². The lowest BCUT2D eigenvalue weighted by Gasteiger charge is -2.30. The lowest BCUT2D eigenvalue weighted by Crippen LogP contribution is -2.52. The molecule has 0 aliphatic carbocycles. The van der Waals surface area contributed by atoms with Crippen molar-refractivity contribution in [3.8, 4) is 0 Å². The van der Waals surface area contributed by atoms with Gasteiger partial charge in [0, 0.05) is 11.6 Å². The van der Waals surface area contributed by atoms with E-state index < -0.39 is 5.54 Å². The zero-order valence-corrected chi connectivity index (χ0v) is 12.4. The first-order valence-electron chi connectivity index (χ1n) is 7.18. The number of aliphatic hydroxyl groups excluding tert-OH is 1.